The maximum absolute atomic E-state index is 8.49. The van der Waals surface area contributed by atoms with Gasteiger partial charge >= 0.3 is 0 Å². The fourth-order valence-corrected chi connectivity index (χ4v) is 5.19. The van der Waals surface area contributed by atoms with E-state index in [9.17, 15) is 0 Å². The molecule has 0 radical (unpaired) electrons. The van der Waals surface area contributed by atoms with Gasteiger partial charge < -0.3 is 4.42 Å². The standard InChI is InChI=1S/C31H28NO/c1-18(2)22-10-12-25-23(17-22)14-15-32(5)30(25)28-20(4)19(3)16-26-29-24-9-7-6-8-21(24)11-13-27(29)33-31(26)28/h6-18H,1-5H3/q+1/i18D. The average molecular weight is 432 g/mol. The zero-order valence-corrected chi connectivity index (χ0v) is 19.8. The van der Waals surface area contributed by atoms with Gasteiger partial charge in [-0.25, -0.2) is 4.57 Å². The molecule has 0 aliphatic rings. The van der Waals surface area contributed by atoms with Gasteiger partial charge in [0.25, 0.3) is 0 Å². The fraction of sp³-hybridized carbons (Fsp3) is 0.194. The molecule has 0 atom stereocenters. The van der Waals surface area contributed by atoms with Crippen molar-refractivity contribution in [2.75, 3.05) is 0 Å². The molecule has 4 aromatic carbocycles. The lowest BCUT2D eigenvalue weighted by Crippen LogP contribution is -2.31. The number of aryl methyl sites for hydroxylation is 2. The summed E-state index contributed by atoms with van der Waals surface area (Å²) in [5.41, 5.74) is 7.62. The highest BCUT2D eigenvalue weighted by atomic mass is 16.3. The Kier molecular flexibility index (Phi) is 4.11. The highest BCUT2D eigenvalue weighted by Gasteiger charge is 2.25. The Morgan fingerprint density at radius 1 is 0.848 bits per heavy atom. The molecular formula is C31H28NO+. The summed E-state index contributed by atoms with van der Waals surface area (Å²) < 4.78 is 17.3. The lowest BCUT2D eigenvalue weighted by molar-refractivity contribution is -0.659. The van der Waals surface area contributed by atoms with E-state index in [2.05, 4.69) is 98.4 Å². The van der Waals surface area contributed by atoms with Gasteiger partial charge in [-0.3, -0.25) is 0 Å². The van der Waals surface area contributed by atoms with Crippen LogP contribution in [-0.4, -0.2) is 0 Å². The van der Waals surface area contributed by atoms with Gasteiger partial charge in [0, 0.05) is 18.2 Å². The molecular weight excluding hydrogens is 402 g/mol. The molecule has 6 aromatic rings. The van der Waals surface area contributed by atoms with Gasteiger partial charge in [0.05, 0.1) is 10.9 Å². The molecule has 2 nitrogen and oxygen atoms in total. The van der Waals surface area contributed by atoms with E-state index >= 15 is 0 Å². The van der Waals surface area contributed by atoms with E-state index in [-0.39, 0.29) is 0 Å². The topological polar surface area (TPSA) is 17.0 Å². The molecule has 0 aliphatic heterocycles. The predicted molar refractivity (Wildman–Crippen MR) is 139 cm³/mol. The number of furan rings is 1. The summed E-state index contributed by atoms with van der Waals surface area (Å²) in [6.45, 7) is 8.25. The Labute approximate surface area is 195 Å². The number of fused-ring (bicyclic) bond motifs is 6. The summed E-state index contributed by atoms with van der Waals surface area (Å²) in [6.07, 6.45) is 2.12. The third kappa shape index (κ3) is 2.90. The van der Waals surface area contributed by atoms with E-state index < -0.39 is 5.89 Å². The molecule has 0 spiro atoms. The van der Waals surface area contributed by atoms with Crippen LogP contribution in [0.4, 0.5) is 0 Å². The van der Waals surface area contributed by atoms with Crippen LogP contribution >= 0.6 is 0 Å². The monoisotopic (exact) mass is 431 g/mol. The third-order valence-electron chi connectivity index (χ3n) is 7.12. The van der Waals surface area contributed by atoms with Gasteiger partial charge in [0.15, 0.2) is 6.20 Å². The second-order valence-corrected chi connectivity index (χ2v) is 9.41. The molecule has 0 aliphatic carbocycles. The number of benzene rings is 4. The molecule has 162 valence electrons. The molecule has 0 saturated carbocycles. The van der Waals surface area contributed by atoms with Crippen LogP contribution in [0.25, 0.3) is 54.7 Å². The van der Waals surface area contributed by atoms with Gasteiger partial charge in [0.2, 0.25) is 5.69 Å². The summed E-state index contributed by atoms with van der Waals surface area (Å²) in [6, 6.07) is 23.6. The molecule has 2 heterocycles. The van der Waals surface area contributed by atoms with E-state index in [0.717, 1.165) is 38.8 Å². The van der Waals surface area contributed by atoms with Crippen molar-refractivity contribution < 1.29 is 10.4 Å². The van der Waals surface area contributed by atoms with E-state index in [1.165, 1.54) is 32.7 Å². The molecule has 2 heteroatoms. The number of aromatic nitrogens is 1. The summed E-state index contributed by atoms with van der Waals surface area (Å²) in [4.78, 5) is 0. The van der Waals surface area contributed by atoms with Gasteiger partial charge in [-0.15, -0.1) is 0 Å². The van der Waals surface area contributed by atoms with Crippen molar-refractivity contribution in [1.29, 1.82) is 0 Å². The maximum atomic E-state index is 8.49. The highest BCUT2D eigenvalue weighted by Crippen LogP contribution is 2.42. The number of hydrogen-bond donors (Lipinski definition) is 0. The van der Waals surface area contributed by atoms with E-state index in [1.807, 2.05) is 13.8 Å². The lowest BCUT2D eigenvalue weighted by atomic mass is 9.92. The first-order valence-electron chi connectivity index (χ1n) is 12.0. The summed E-state index contributed by atoms with van der Waals surface area (Å²) in [5.74, 6) is -0.640. The Balaban J connectivity index is 1.77. The van der Waals surface area contributed by atoms with Gasteiger partial charge in [-0.2, -0.15) is 0 Å². The number of pyridine rings is 1. The van der Waals surface area contributed by atoms with Crippen LogP contribution in [-0.2, 0) is 7.05 Å². The molecule has 0 fully saturated rings. The molecule has 0 bridgehead atoms. The summed E-state index contributed by atoms with van der Waals surface area (Å²) >= 11 is 0. The quantitative estimate of drug-likeness (QED) is 0.253. The molecule has 33 heavy (non-hydrogen) atoms. The molecule has 6 rings (SSSR count). The normalized spacial score (nSPS) is 12.8. The van der Waals surface area contributed by atoms with Crippen LogP contribution < -0.4 is 4.57 Å². The smallest absolute Gasteiger partial charge is 0.224 e. The molecule has 0 unspecified atom stereocenters. The predicted octanol–water partition coefficient (Wildman–Crippen LogP) is 8.12. The van der Waals surface area contributed by atoms with Crippen molar-refractivity contribution >= 4 is 43.5 Å². The lowest BCUT2D eigenvalue weighted by Gasteiger charge is -2.12. The van der Waals surface area contributed by atoms with E-state index in [1.54, 1.807) is 0 Å². The van der Waals surface area contributed by atoms with Crippen molar-refractivity contribution in [2.24, 2.45) is 7.05 Å². The fourth-order valence-electron chi connectivity index (χ4n) is 5.19. The Bertz CT molecular complexity index is 1770. The molecule has 0 amide bonds. The Morgan fingerprint density at radius 3 is 2.48 bits per heavy atom. The van der Waals surface area contributed by atoms with Gasteiger partial charge in [-0.1, -0.05) is 56.3 Å². The largest absolute Gasteiger partial charge is 0.455 e. The number of nitrogens with zero attached hydrogens (tertiary/aromatic N) is 1. The molecule has 2 aromatic heterocycles. The molecule has 0 saturated heterocycles. The second-order valence-electron chi connectivity index (χ2n) is 9.41. The number of rotatable bonds is 2. The van der Waals surface area contributed by atoms with Crippen LogP contribution in [0.2, 0.25) is 0 Å². The van der Waals surface area contributed by atoms with E-state index in [0.29, 0.717) is 0 Å². The van der Waals surface area contributed by atoms with Crippen molar-refractivity contribution in [3.8, 4) is 11.3 Å². The minimum atomic E-state index is -0.640. The first-order valence-corrected chi connectivity index (χ1v) is 11.5. The SMILES string of the molecule is [2H]C(C)(C)c1ccc2c(-c3c(C)c(C)cc4c3oc3ccc5ccccc5c34)[n+](C)ccc2c1. The highest BCUT2D eigenvalue weighted by molar-refractivity contribution is 6.21. The third-order valence-corrected chi connectivity index (χ3v) is 7.12. The second kappa shape index (κ2) is 7.18. The van der Waals surface area contributed by atoms with Crippen molar-refractivity contribution in [1.82, 2.24) is 0 Å². The first-order chi connectivity index (χ1) is 16.2. The minimum Gasteiger partial charge on any atom is -0.455 e. The Morgan fingerprint density at radius 2 is 1.67 bits per heavy atom. The number of hydrogen-bond acceptors (Lipinski definition) is 1. The van der Waals surface area contributed by atoms with Gasteiger partial charge in [-0.05, 0) is 70.8 Å². The zero-order valence-electron chi connectivity index (χ0n) is 20.8. The van der Waals surface area contributed by atoms with Crippen molar-refractivity contribution in [3.63, 3.8) is 0 Å². The minimum absolute atomic E-state index is 0.640. The van der Waals surface area contributed by atoms with Gasteiger partial charge in [0.1, 0.15) is 18.2 Å². The van der Waals surface area contributed by atoms with Crippen LogP contribution in [0.3, 0.4) is 0 Å². The summed E-state index contributed by atoms with van der Waals surface area (Å²) in [7, 11) is 2.10. The van der Waals surface area contributed by atoms with Crippen LogP contribution in [0.15, 0.2) is 77.3 Å². The van der Waals surface area contributed by atoms with Crippen LogP contribution in [0.5, 0.6) is 0 Å². The zero-order chi connectivity index (χ0) is 23.8. The van der Waals surface area contributed by atoms with Crippen molar-refractivity contribution in [3.05, 3.63) is 89.6 Å². The summed E-state index contributed by atoms with van der Waals surface area (Å²) in [5, 5.41) is 7.08. The average Bonchev–Trinajstić information content (AvgIpc) is 3.18. The van der Waals surface area contributed by atoms with Crippen LogP contribution in [0.1, 0.15) is 37.8 Å². The first kappa shape index (κ1) is 18.9. The van der Waals surface area contributed by atoms with Crippen LogP contribution in [0, 0.1) is 13.8 Å². The maximum Gasteiger partial charge on any atom is 0.224 e. The molecule has 0 N–H and O–H groups in total. The Hall–Kier alpha value is -3.65. The van der Waals surface area contributed by atoms with E-state index in [4.69, 9.17) is 5.79 Å². The van der Waals surface area contributed by atoms with Crippen molar-refractivity contribution in [2.45, 2.75) is 33.6 Å².